The van der Waals surface area contributed by atoms with Crippen LogP contribution in [0.15, 0.2) is 12.3 Å². The van der Waals surface area contributed by atoms with E-state index >= 15 is 0 Å². The molecule has 0 fully saturated rings. The van der Waals surface area contributed by atoms with Crippen LogP contribution >= 0.6 is 11.6 Å². The second kappa shape index (κ2) is 4.82. The van der Waals surface area contributed by atoms with Gasteiger partial charge in [-0.3, -0.25) is 4.79 Å². The van der Waals surface area contributed by atoms with E-state index in [2.05, 4.69) is 15.4 Å². The van der Waals surface area contributed by atoms with Crippen LogP contribution in [0.3, 0.4) is 0 Å². The van der Waals surface area contributed by atoms with Crippen molar-refractivity contribution in [3.63, 3.8) is 0 Å². The lowest BCUT2D eigenvalue weighted by atomic mass is 10.3. The Bertz CT molecular complexity index is 669. The fourth-order valence-corrected chi connectivity index (χ4v) is 1.69. The standard InChI is InChI=1S/C10H9ClF3N5O/c1-4(8(15)20)16-9-17-7-2-6(11)5(10(12,13)14)3-19(7)18-9/h2-4H,1H3,(H2,15,20)(H,16,18)/t4-/m0/s1. The number of amides is 1. The summed E-state index contributed by atoms with van der Waals surface area (Å²) in [7, 11) is 0. The number of primary amides is 1. The summed E-state index contributed by atoms with van der Waals surface area (Å²) in [6, 6.07) is 0.280. The van der Waals surface area contributed by atoms with Crippen LogP contribution in [0, 0.1) is 0 Å². The number of aromatic nitrogens is 3. The van der Waals surface area contributed by atoms with Gasteiger partial charge in [-0.25, -0.2) is 4.52 Å². The number of anilines is 1. The molecule has 0 aliphatic heterocycles. The predicted molar refractivity (Wildman–Crippen MR) is 65.3 cm³/mol. The fourth-order valence-electron chi connectivity index (χ4n) is 1.44. The van der Waals surface area contributed by atoms with E-state index in [0.717, 1.165) is 16.8 Å². The maximum atomic E-state index is 12.7. The number of rotatable bonds is 3. The Hall–Kier alpha value is -2.03. The molecule has 2 rings (SSSR count). The molecular formula is C10H9ClF3N5O. The van der Waals surface area contributed by atoms with Crippen LogP contribution in [-0.4, -0.2) is 26.5 Å². The number of nitrogens with zero attached hydrogens (tertiary/aromatic N) is 3. The zero-order valence-corrected chi connectivity index (χ0v) is 10.8. The molecule has 0 saturated heterocycles. The summed E-state index contributed by atoms with van der Waals surface area (Å²) in [6.07, 6.45) is -3.86. The summed E-state index contributed by atoms with van der Waals surface area (Å²) in [5.74, 6) is -0.662. The number of nitrogens with two attached hydrogens (primary N) is 1. The highest BCUT2D eigenvalue weighted by Crippen LogP contribution is 2.34. The van der Waals surface area contributed by atoms with Crippen molar-refractivity contribution in [2.45, 2.75) is 19.1 Å². The van der Waals surface area contributed by atoms with E-state index in [9.17, 15) is 18.0 Å². The third-order valence-corrected chi connectivity index (χ3v) is 2.81. The van der Waals surface area contributed by atoms with Gasteiger partial charge >= 0.3 is 6.18 Å². The highest BCUT2D eigenvalue weighted by Gasteiger charge is 2.34. The minimum Gasteiger partial charge on any atom is -0.368 e. The minimum absolute atomic E-state index is 0.0216. The van der Waals surface area contributed by atoms with E-state index in [0.29, 0.717) is 0 Å². The first kappa shape index (κ1) is 14.4. The van der Waals surface area contributed by atoms with Crippen LogP contribution in [0.2, 0.25) is 5.02 Å². The van der Waals surface area contributed by atoms with Crippen LogP contribution in [-0.2, 0) is 11.0 Å². The lowest BCUT2D eigenvalue weighted by Crippen LogP contribution is -2.32. The smallest absolute Gasteiger partial charge is 0.368 e. The van der Waals surface area contributed by atoms with E-state index in [4.69, 9.17) is 17.3 Å². The van der Waals surface area contributed by atoms with Gasteiger partial charge in [0.25, 0.3) is 0 Å². The molecule has 0 bridgehead atoms. The zero-order valence-electron chi connectivity index (χ0n) is 10.1. The summed E-state index contributed by atoms with van der Waals surface area (Å²) in [5.41, 5.74) is 4.14. The number of hydrogen-bond acceptors (Lipinski definition) is 4. The normalized spacial score (nSPS) is 13.4. The third kappa shape index (κ3) is 2.77. The van der Waals surface area contributed by atoms with E-state index < -0.39 is 28.7 Å². The zero-order chi connectivity index (χ0) is 15.1. The number of nitrogens with one attached hydrogen (secondary N) is 1. The van der Waals surface area contributed by atoms with Crippen LogP contribution in [0.1, 0.15) is 12.5 Å². The number of pyridine rings is 1. The van der Waals surface area contributed by atoms with Crippen LogP contribution in [0.25, 0.3) is 5.65 Å². The van der Waals surface area contributed by atoms with Crippen LogP contribution in [0.4, 0.5) is 19.1 Å². The number of alkyl halides is 3. The summed E-state index contributed by atoms with van der Waals surface area (Å²) in [6.45, 7) is 1.47. The van der Waals surface area contributed by atoms with Gasteiger partial charge in [0.15, 0.2) is 5.65 Å². The van der Waals surface area contributed by atoms with Gasteiger partial charge in [0.1, 0.15) is 6.04 Å². The minimum atomic E-state index is -4.59. The average Bonchev–Trinajstić information content (AvgIpc) is 2.67. The SMILES string of the molecule is C[C@H](Nc1nc2cc(Cl)c(C(F)(F)F)cn2n1)C(N)=O. The van der Waals surface area contributed by atoms with Gasteiger partial charge < -0.3 is 11.1 Å². The summed E-state index contributed by atoms with van der Waals surface area (Å²) >= 11 is 5.56. The molecule has 2 aromatic heterocycles. The molecule has 0 aliphatic carbocycles. The lowest BCUT2D eigenvalue weighted by Gasteiger charge is -2.08. The van der Waals surface area contributed by atoms with Crippen molar-refractivity contribution in [2.75, 3.05) is 5.32 Å². The quantitative estimate of drug-likeness (QED) is 0.903. The molecule has 0 aliphatic rings. The predicted octanol–water partition coefficient (Wildman–Crippen LogP) is 1.69. The highest BCUT2D eigenvalue weighted by atomic mass is 35.5. The first-order valence-corrected chi connectivity index (χ1v) is 5.75. The lowest BCUT2D eigenvalue weighted by molar-refractivity contribution is -0.137. The largest absolute Gasteiger partial charge is 0.419 e. The second-order valence-electron chi connectivity index (χ2n) is 4.04. The first-order valence-electron chi connectivity index (χ1n) is 5.37. The van der Waals surface area contributed by atoms with E-state index in [1.54, 1.807) is 0 Å². The van der Waals surface area contributed by atoms with Crippen molar-refractivity contribution in [1.29, 1.82) is 0 Å². The molecule has 3 N–H and O–H groups in total. The van der Waals surface area contributed by atoms with E-state index in [1.165, 1.54) is 6.92 Å². The number of hydrogen-bond donors (Lipinski definition) is 2. The molecule has 2 heterocycles. The van der Waals surface area contributed by atoms with Gasteiger partial charge in [0, 0.05) is 12.3 Å². The van der Waals surface area contributed by atoms with Gasteiger partial charge in [-0.15, -0.1) is 5.10 Å². The molecule has 108 valence electrons. The second-order valence-corrected chi connectivity index (χ2v) is 4.45. The van der Waals surface area contributed by atoms with Gasteiger partial charge in [-0.1, -0.05) is 11.6 Å². The van der Waals surface area contributed by atoms with Crippen molar-refractivity contribution < 1.29 is 18.0 Å². The molecule has 0 unspecified atom stereocenters. The van der Waals surface area contributed by atoms with Crippen molar-refractivity contribution in [1.82, 2.24) is 14.6 Å². The molecule has 1 amide bonds. The Morgan fingerprint density at radius 1 is 1.55 bits per heavy atom. The topological polar surface area (TPSA) is 85.3 Å². The van der Waals surface area contributed by atoms with Crippen molar-refractivity contribution >= 4 is 29.1 Å². The Morgan fingerprint density at radius 2 is 2.20 bits per heavy atom. The van der Waals surface area contributed by atoms with Gasteiger partial charge in [0.2, 0.25) is 11.9 Å². The van der Waals surface area contributed by atoms with Gasteiger partial charge in [-0.2, -0.15) is 18.2 Å². The maximum Gasteiger partial charge on any atom is 0.419 e. The Kier molecular flexibility index (Phi) is 3.46. The summed E-state index contributed by atoms with van der Waals surface area (Å²) < 4.78 is 39.0. The molecular weight excluding hydrogens is 299 g/mol. The molecule has 2 aromatic rings. The molecule has 0 saturated carbocycles. The Morgan fingerprint density at radius 3 is 2.75 bits per heavy atom. The van der Waals surface area contributed by atoms with E-state index in [-0.39, 0.29) is 11.6 Å². The van der Waals surface area contributed by atoms with Crippen LogP contribution in [0.5, 0.6) is 0 Å². The molecule has 0 aromatic carbocycles. The molecule has 10 heteroatoms. The summed E-state index contributed by atoms with van der Waals surface area (Å²) in [5, 5.41) is 5.87. The number of halogens is 4. The number of carbonyl (C=O) groups excluding carboxylic acids is 1. The monoisotopic (exact) mass is 307 g/mol. The first-order chi connectivity index (χ1) is 9.18. The Labute approximate surface area is 115 Å². The third-order valence-electron chi connectivity index (χ3n) is 2.50. The molecule has 1 atom stereocenters. The Balaban J connectivity index is 2.42. The molecule has 0 radical (unpaired) electrons. The fraction of sp³-hybridized carbons (Fsp3) is 0.300. The van der Waals surface area contributed by atoms with Crippen molar-refractivity contribution in [2.24, 2.45) is 5.73 Å². The number of carbonyl (C=O) groups is 1. The highest BCUT2D eigenvalue weighted by molar-refractivity contribution is 6.31. The van der Waals surface area contributed by atoms with E-state index in [1.807, 2.05) is 0 Å². The maximum absolute atomic E-state index is 12.7. The van der Waals surface area contributed by atoms with Crippen molar-refractivity contribution in [3.8, 4) is 0 Å². The molecule has 0 spiro atoms. The summed E-state index contributed by atoms with van der Waals surface area (Å²) in [4.78, 5) is 14.8. The van der Waals surface area contributed by atoms with Gasteiger partial charge in [-0.05, 0) is 6.92 Å². The van der Waals surface area contributed by atoms with Crippen LogP contribution < -0.4 is 11.1 Å². The van der Waals surface area contributed by atoms with Crippen molar-refractivity contribution in [3.05, 3.63) is 22.8 Å². The van der Waals surface area contributed by atoms with Gasteiger partial charge in [0.05, 0.1) is 10.6 Å². The number of fused-ring (bicyclic) bond motifs is 1. The average molecular weight is 308 g/mol. The molecule has 20 heavy (non-hydrogen) atoms. The molecule has 6 nitrogen and oxygen atoms in total.